The van der Waals surface area contributed by atoms with E-state index in [9.17, 15) is 23.1 Å². The van der Waals surface area contributed by atoms with Crippen LogP contribution in [-0.4, -0.2) is 55.0 Å². The zero-order valence-electron chi connectivity index (χ0n) is 18.6. The van der Waals surface area contributed by atoms with Gasteiger partial charge >= 0.3 is 6.18 Å². The number of likely N-dealkylation sites (tertiary alicyclic amines) is 1. The van der Waals surface area contributed by atoms with Crippen molar-refractivity contribution < 1.29 is 27.5 Å². The van der Waals surface area contributed by atoms with Gasteiger partial charge in [-0.25, -0.2) is 0 Å². The zero-order valence-corrected chi connectivity index (χ0v) is 18.6. The Morgan fingerprint density at radius 1 is 1.26 bits per heavy atom. The summed E-state index contributed by atoms with van der Waals surface area (Å²) < 4.78 is 46.5. The maximum absolute atomic E-state index is 13.4. The monoisotopic (exact) mass is 472 g/mol. The maximum Gasteiger partial charge on any atom is 0.408 e. The van der Waals surface area contributed by atoms with E-state index in [1.54, 1.807) is 23.1 Å². The third-order valence-corrected chi connectivity index (χ3v) is 6.32. The van der Waals surface area contributed by atoms with Crippen LogP contribution in [0.25, 0.3) is 33.1 Å². The lowest BCUT2D eigenvalue weighted by Gasteiger charge is -2.44. The van der Waals surface area contributed by atoms with Crippen LogP contribution in [-0.2, 0) is 6.54 Å². The fourth-order valence-electron chi connectivity index (χ4n) is 4.72. The normalized spacial score (nSPS) is 18.6. The zero-order chi connectivity index (χ0) is 24.3. The molecular weight excluding hydrogens is 449 g/mol. The predicted octanol–water partition coefficient (Wildman–Crippen LogP) is 4.78. The molecule has 0 spiro atoms. The Balaban J connectivity index is 1.62. The molecule has 3 aromatic heterocycles. The number of carbonyl (C=O) groups is 1. The summed E-state index contributed by atoms with van der Waals surface area (Å²) in [6.07, 6.45) is -1.31. The fraction of sp³-hybridized carbons (Fsp3) is 0.375. The van der Waals surface area contributed by atoms with Crippen molar-refractivity contribution in [1.82, 2.24) is 19.7 Å². The third kappa shape index (κ3) is 3.91. The number of carbonyl (C=O) groups excluding carboxylic acids is 1. The number of halogens is 3. The van der Waals surface area contributed by atoms with E-state index in [-0.39, 0.29) is 11.2 Å². The smallest absolute Gasteiger partial charge is 0.408 e. The summed E-state index contributed by atoms with van der Waals surface area (Å²) in [5, 5.41) is 15.4. The number of aliphatic hydroxyl groups is 1. The Labute approximate surface area is 192 Å². The number of nitrogens with zero attached hydrogens (tertiary/aromatic N) is 4. The highest BCUT2D eigenvalue weighted by molar-refractivity contribution is 6.04. The first-order valence-electron chi connectivity index (χ1n) is 10.9. The first-order valence-corrected chi connectivity index (χ1v) is 10.9. The van der Waals surface area contributed by atoms with Crippen molar-refractivity contribution in [3.8, 4) is 11.3 Å². The second-order valence-electron chi connectivity index (χ2n) is 9.27. The third-order valence-electron chi connectivity index (χ3n) is 6.32. The molecule has 5 rings (SSSR count). The van der Waals surface area contributed by atoms with Gasteiger partial charge in [0, 0.05) is 34.6 Å². The number of pyridine rings is 1. The first kappa shape index (κ1) is 22.4. The Bertz CT molecular complexity index is 1390. The number of alkyl halides is 3. The van der Waals surface area contributed by atoms with Crippen LogP contribution in [0.1, 0.15) is 37.2 Å². The molecule has 10 heteroatoms. The van der Waals surface area contributed by atoms with E-state index in [0.29, 0.717) is 41.6 Å². The summed E-state index contributed by atoms with van der Waals surface area (Å²) in [6.45, 7) is 2.72. The Morgan fingerprint density at radius 3 is 2.76 bits per heavy atom. The van der Waals surface area contributed by atoms with Gasteiger partial charge < -0.3 is 14.4 Å². The quantitative estimate of drug-likeness (QED) is 0.464. The van der Waals surface area contributed by atoms with Crippen molar-refractivity contribution in [2.75, 3.05) is 6.54 Å². The van der Waals surface area contributed by atoms with Crippen molar-refractivity contribution in [1.29, 1.82) is 0 Å². The number of hydrogen-bond donors (Lipinski definition) is 1. The van der Waals surface area contributed by atoms with Crippen LogP contribution in [0.3, 0.4) is 0 Å². The van der Waals surface area contributed by atoms with Gasteiger partial charge in [-0.1, -0.05) is 18.2 Å². The second-order valence-corrected chi connectivity index (χ2v) is 9.27. The number of para-hydroxylation sites is 1. The van der Waals surface area contributed by atoms with Gasteiger partial charge in [0.05, 0.1) is 11.6 Å². The van der Waals surface area contributed by atoms with Gasteiger partial charge in [0.2, 0.25) is 0 Å². The molecule has 7 nitrogen and oxygen atoms in total. The molecule has 0 aliphatic carbocycles. The molecule has 0 bridgehead atoms. The van der Waals surface area contributed by atoms with Gasteiger partial charge in [0.25, 0.3) is 5.91 Å². The lowest BCUT2D eigenvalue weighted by Crippen LogP contribution is -2.54. The standard InChI is InChI=1S/C24H23F3N4O3/c1-23(2)10-14(32)7-8-30(23)22(33)18-9-19-16(11-28-18)21(29-31(19)13-24(25,26)27)17-12-34-20-6-4-3-5-15(17)20/h3-6,9,11-12,14,32H,7-8,10,13H2,1-2H3. The van der Waals surface area contributed by atoms with E-state index in [0.717, 1.165) is 10.1 Å². The molecule has 1 aliphatic rings. The molecule has 4 heterocycles. The SMILES string of the molecule is CC1(C)CC(O)CCN1C(=O)c1cc2c(cn1)c(-c1coc3ccccc13)nn2CC(F)(F)F. The van der Waals surface area contributed by atoms with Crippen molar-refractivity contribution in [3.63, 3.8) is 0 Å². The molecule has 1 atom stereocenters. The van der Waals surface area contributed by atoms with Crippen molar-refractivity contribution in [2.45, 2.75) is 51.1 Å². The number of rotatable bonds is 3. The molecule has 1 aromatic carbocycles. The lowest BCUT2D eigenvalue weighted by atomic mass is 9.88. The number of furan rings is 1. The number of hydrogen-bond acceptors (Lipinski definition) is 5. The maximum atomic E-state index is 13.4. The average Bonchev–Trinajstić information content (AvgIpc) is 3.32. The van der Waals surface area contributed by atoms with E-state index in [2.05, 4.69) is 10.1 Å². The number of fused-ring (bicyclic) bond motifs is 2. The Hall–Kier alpha value is -3.40. The molecular formula is C24H23F3N4O3. The summed E-state index contributed by atoms with van der Waals surface area (Å²) >= 11 is 0. The van der Waals surface area contributed by atoms with E-state index >= 15 is 0 Å². The van der Waals surface area contributed by atoms with Crippen LogP contribution < -0.4 is 0 Å². The highest BCUT2D eigenvalue weighted by Gasteiger charge is 2.38. The van der Waals surface area contributed by atoms with Gasteiger partial charge in [-0.2, -0.15) is 18.3 Å². The molecule has 1 amide bonds. The molecule has 1 unspecified atom stereocenters. The molecule has 1 N–H and O–H groups in total. The van der Waals surface area contributed by atoms with E-state index < -0.39 is 30.3 Å². The molecule has 178 valence electrons. The van der Waals surface area contributed by atoms with Gasteiger partial charge in [-0.3, -0.25) is 14.5 Å². The highest BCUT2D eigenvalue weighted by atomic mass is 19.4. The fourth-order valence-corrected chi connectivity index (χ4v) is 4.72. The Morgan fingerprint density at radius 2 is 2.03 bits per heavy atom. The summed E-state index contributed by atoms with van der Waals surface area (Å²) in [7, 11) is 0. The number of piperidine rings is 1. The number of aliphatic hydroxyl groups excluding tert-OH is 1. The predicted molar refractivity (Wildman–Crippen MR) is 119 cm³/mol. The summed E-state index contributed by atoms with van der Waals surface area (Å²) in [4.78, 5) is 19.2. The highest BCUT2D eigenvalue weighted by Crippen LogP contribution is 2.36. The Kier molecular flexibility index (Phi) is 5.16. The minimum absolute atomic E-state index is 0.0314. The van der Waals surface area contributed by atoms with Crippen molar-refractivity contribution >= 4 is 27.8 Å². The van der Waals surface area contributed by atoms with Crippen LogP contribution in [0.2, 0.25) is 0 Å². The van der Waals surface area contributed by atoms with Crippen molar-refractivity contribution in [2.24, 2.45) is 0 Å². The summed E-state index contributed by atoms with van der Waals surface area (Å²) in [6, 6.07) is 8.55. The molecule has 1 saturated heterocycles. The van der Waals surface area contributed by atoms with Gasteiger partial charge in [0.1, 0.15) is 29.8 Å². The van der Waals surface area contributed by atoms with E-state index in [4.69, 9.17) is 4.42 Å². The second kappa shape index (κ2) is 7.83. The average molecular weight is 472 g/mol. The van der Waals surface area contributed by atoms with E-state index in [1.165, 1.54) is 18.5 Å². The molecule has 0 saturated carbocycles. The van der Waals surface area contributed by atoms with Gasteiger partial charge in [-0.15, -0.1) is 0 Å². The van der Waals surface area contributed by atoms with Gasteiger partial charge in [-0.05, 0) is 38.8 Å². The minimum Gasteiger partial charge on any atom is -0.464 e. The van der Waals surface area contributed by atoms with Crippen LogP contribution in [0.4, 0.5) is 13.2 Å². The first-order chi connectivity index (χ1) is 16.0. The molecule has 34 heavy (non-hydrogen) atoms. The number of benzene rings is 1. The lowest BCUT2D eigenvalue weighted by molar-refractivity contribution is -0.141. The number of amides is 1. The molecule has 1 aliphatic heterocycles. The van der Waals surface area contributed by atoms with Crippen LogP contribution in [0.15, 0.2) is 47.2 Å². The van der Waals surface area contributed by atoms with Gasteiger partial charge in [0.15, 0.2) is 0 Å². The van der Waals surface area contributed by atoms with E-state index in [1.807, 2.05) is 19.9 Å². The van der Waals surface area contributed by atoms with Crippen LogP contribution in [0.5, 0.6) is 0 Å². The molecule has 0 radical (unpaired) electrons. The minimum atomic E-state index is -4.51. The van der Waals surface area contributed by atoms with Crippen LogP contribution in [0, 0.1) is 0 Å². The summed E-state index contributed by atoms with van der Waals surface area (Å²) in [5.74, 6) is -0.395. The topological polar surface area (TPSA) is 84.4 Å². The molecule has 1 fully saturated rings. The summed E-state index contributed by atoms with van der Waals surface area (Å²) in [5.41, 5.74) is 1.02. The molecule has 4 aromatic rings. The van der Waals surface area contributed by atoms with Crippen molar-refractivity contribution in [3.05, 3.63) is 48.5 Å². The van der Waals surface area contributed by atoms with Crippen LogP contribution >= 0.6 is 0 Å². The number of aromatic nitrogens is 3. The largest absolute Gasteiger partial charge is 0.464 e.